The molecule has 0 saturated carbocycles. The molecule has 0 aliphatic carbocycles. The highest BCUT2D eigenvalue weighted by atomic mass is 35.5. The Morgan fingerprint density at radius 2 is 1.94 bits per heavy atom. The number of nitrogens with one attached hydrogen (secondary N) is 2. The van der Waals surface area contributed by atoms with Gasteiger partial charge >= 0.3 is 12.0 Å². The van der Waals surface area contributed by atoms with Gasteiger partial charge in [0.15, 0.2) is 0 Å². The van der Waals surface area contributed by atoms with Crippen molar-refractivity contribution in [3.8, 4) is 0 Å². The summed E-state index contributed by atoms with van der Waals surface area (Å²) in [5.74, 6) is -1.86. The van der Waals surface area contributed by atoms with Gasteiger partial charge in [0.05, 0.1) is 12.1 Å². The molecule has 5 N–H and O–H groups in total. The van der Waals surface area contributed by atoms with E-state index in [0.717, 1.165) is 0 Å². The van der Waals surface area contributed by atoms with Gasteiger partial charge in [-0.3, -0.25) is 4.79 Å². The topological polar surface area (TPSA) is 122 Å². The Hall–Kier alpha value is -2.28. The SMILES string of the molecule is NC(=O)CNC(=O)Nc1cc(Cl)cc(C(=O)O)c1. The molecule has 0 atom stereocenters. The zero-order chi connectivity index (χ0) is 13.7. The lowest BCUT2D eigenvalue weighted by atomic mass is 10.2. The number of amides is 3. The molecular weight excluding hydrogens is 262 g/mol. The molecule has 7 nitrogen and oxygen atoms in total. The predicted molar refractivity (Wildman–Crippen MR) is 64.6 cm³/mol. The molecule has 1 aromatic carbocycles. The van der Waals surface area contributed by atoms with Crippen LogP contribution in [0.15, 0.2) is 18.2 Å². The van der Waals surface area contributed by atoms with E-state index in [-0.39, 0.29) is 22.8 Å². The molecule has 8 heteroatoms. The van der Waals surface area contributed by atoms with Crippen molar-refractivity contribution in [2.75, 3.05) is 11.9 Å². The van der Waals surface area contributed by atoms with Crippen molar-refractivity contribution in [3.63, 3.8) is 0 Å². The number of rotatable bonds is 4. The van der Waals surface area contributed by atoms with Crippen molar-refractivity contribution in [3.05, 3.63) is 28.8 Å². The van der Waals surface area contributed by atoms with Gasteiger partial charge in [0, 0.05) is 10.7 Å². The van der Waals surface area contributed by atoms with Crippen LogP contribution < -0.4 is 16.4 Å². The molecule has 3 amide bonds. The molecule has 0 spiro atoms. The van der Waals surface area contributed by atoms with Crippen LogP contribution in [0.25, 0.3) is 0 Å². The molecule has 0 heterocycles. The Morgan fingerprint density at radius 3 is 2.50 bits per heavy atom. The number of carbonyl (C=O) groups excluding carboxylic acids is 2. The second-order valence-electron chi connectivity index (χ2n) is 3.31. The maximum atomic E-state index is 11.3. The number of halogens is 1. The van der Waals surface area contributed by atoms with E-state index < -0.39 is 17.9 Å². The standard InChI is InChI=1S/C10H10ClN3O4/c11-6-1-5(9(16)17)2-7(3-6)14-10(18)13-4-8(12)15/h1-3H,4H2,(H2,12,15)(H,16,17)(H2,13,14,18). The molecule has 0 aliphatic heterocycles. The summed E-state index contributed by atoms with van der Waals surface area (Å²) in [7, 11) is 0. The average Bonchev–Trinajstić information content (AvgIpc) is 2.25. The van der Waals surface area contributed by atoms with Crippen LogP contribution in [0, 0.1) is 0 Å². The van der Waals surface area contributed by atoms with Crippen LogP contribution in [0.4, 0.5) is 10.5 Å². The third kappa shape index (κ3) is 4.30. The molecule has 0 aliphatic rings. The second-order valence-corrected chi connectivity index (χ2v) is 3.74. The Kier molecular flexibility index (Phi) is 4.50. The molecule has 1 rings (SSSR count). The number of nitrogens with two attached hydrogens (primary N) is 1. The number of urea groups is 1. The van der Waals surface area contributed by atoms with Crippen molar-refractivity contribution in [2.24, 2.45) is 5.73 Å². The van der Waals surface area contributed by atoms with Gasteiger partial charge in [-0.1, -0.05) is 11.6 Å². The molecule has 0 unspecified atom stereocenters. The zero-order valence-corrected chi connectivity index (χ0v) is 9.82. The van der Waals surface area contributed by atoms with Crippen LogP contribution in [0.3, 0.4) is 0 Å². The lowest BCUT2D eigenvalue weighted by Crippen LogP contribution is -2.36. The van der Waals surface area contributed by atoms with Gasteiger partial charge in [-0.2, -0.15) is 0 Å². The first-order chi connectivity index (χ1) is 8.38. The first-order valence-electron chi connectivity index (χ1n) is 4.75. The summed E-state index contributed by atoms with van der Waals surface area (Å²) >= 11 is 5.70. The van der Waals surface area contributed by atoms with Crippen LogP contribution in [-0.2, 0) is 4.79 Å². The number of hydrogen-bond donors (Lipinski definition) is 4. The smallest absolute Gasteiger partial charge is 0.335 e. The fourth-order valence-electron chi connectivity index (χ4n) is 1.13. The van der Waals surface area contributed by atoms with Gasteiger partial charge in [0.25, 0.3) is 0 Å². The Balaban J connectivity index is 2.75. The van der Waals surface area contributed by atoms with Crippen molar-refractivity contribution < 1.29 is 19.5 Å². The number of benzene rings is 1. The number of carboxylic acids is 1. The summed E-state index contributed by atoms with van der Waals surface area (Å²) in [6.45, 7) is -0.321. The van der Waals surface area contributed by atoms with Gasteiger partial charge < -0.3 is 21.5 Å². The lowest BCUT2D eigenvalue weighted by molar-refractivity contribution is -0.117. The Bertz CT molecular complexity index is 504. The fraction of sp³-hybridized carbons (Fsp3) is 0.100. The lowest BCUT2D eigenvalue weighted by Gasteiger charge is -2.07. The van der Waals surface area contributed by atoms with Crippen LogP contribution >= 0.6 is 11.6 Å². The molecule has 0 aromatic heterocycles. The molecule has 1 aromatic rings. The maximum Gasteiger partial charge on any atom is 0.335 e. The third-order valence-electron chi connectivity index (χ3n) is 1.83. The van der Waals surface area contributed by atoms with E-state index in [0.29, 0.717) is 0 Å². The van der Waals surface area contributed by atoms with Gasteiger partial charge in [-0.15, -0.1) is 0 Å². The summed E-state index contributed by atoms with van der Waals surface area (Å²) in [4.78, 5) is 32.5. The maximum absolute atomic E-state index is 11.3. The second kappa shape index (κ2) is 5.87. The van der Waals surface area contributed by atoms with E-state index in [1.54, 1.807) is 0 Å². The minimum Gasteiger partial charge on any atom is -0.478 e. The quantitative estimate of drug-likeness (QED) is 0.642. The summed E-state index contributed by atoms with van der Waals surface area (Å²) in [5, 5.41) is 13.5. The first kappa shape index (κ1) is 13.8. The summed E-state index contributed by atoms with van der Waals surface area (Å²) in [5.41, 5.74) is 4.98. The van der Waals surface area contributed by atoms with Crippen molar-refractivity contribution in [2.45, 2.75) is 0 Å². The first-order valence-corrected chi connectivity index (χ1v) is 5.13. The third-order valence-corrected chi connectivity index (χ3v) is 2.04. The minimum atomic E-state index is -1.17. The van der Waals surface area contributed by atoms with E-state index in [1.165, 1.54) is 18.2 Å². The molecule has 18 heavy (non-hydrogen) atoms. The van der Waals surface area contributed by atoms with E-state index in [9.17, 15) is 14.4 Å². The number of aromatic carboxylic acids is 1. The van der Waals surface area contributed by atoms with E-state index >= 15 is 0 Å². The number of primary amides is 1. The molecule has 0 bridgehead atoms. The van der Waals surface area contributed by atoms with Crippen LogP contribution in [-0.4, -0.2) is 29.6 Å². The van der Waals surface area contributed by atoms with Crippen LogP contribution in [0.2, 0.25) is 5.02 Å². The highest BCUT2D eigenvalue weighted by Gasteiger charge is 2.08. The molecule has 0 saturated heterocycles. The molecular formula is C10H10ClN3O4. The van der Waals surface area contributed by atoms with E-state index in [2.05, 4.69) is 10.6 Å². The minimum absolute atomic E-state index is 0.0623. The predicted octanol–water partition coefficient (Wildman–Crippen LogP) is 0.645. The largest absolute Gasteiger partial charge is 0.478 e. The average molecular weight is 272 g/mol. The number of hydrogen-bond acceptors (Lipinski definition) is 3. The number of anilines is 1. The Labute approximate surface area is 107 Å². The monoisotopic (exact) mass is 271 g/mol. The molecule has 0 fully saturated rings. The number of carboxylic acid groups (broad SMARTS) is 1. The van der Waals surface area contributed by atoms with Crippen molar-refractivity contribution >= 4 is 35.2 Å². The van der Waals surface area contributed by atoms with Crippen molar-refractivity contribution in [1.29, 1.82) is 0 Å². The highest BCUT2D eigenvalue weighted by Crippen LogP contribution is 2.19. The normalized spacial score (nSPS) is 9.61. The summed E-state index contributed by atoms with van der Waals surface area (Å²) in [6.07, 6.45) is 0. The molecule has 0 radical (unpaired) electrons. The Morgan fingerprint density at radius 1 is 1.28 bits per heavy atom. The van der Waals surface area contributed by atoms with E-state index in [1.807, 2.05) is 0 Å². The number of carbonyl (C=O) groups is 3. The van der Waals surface area contributed by atoms with Gasteiger partial charge in [0.2, 0.25) is 5.91 Å². The van der Waals surface area contributed by atoms with Gasteiger partial charge in [-0.25, -0.2) is 9.59 Å². The van der Waals surface area contributed by atoms with Crippen LogP contribution in [0.5, 0.6) is 0 Å². The summed E-state index contributed by atoms with van der Waals surface area (Å²) in [6, 6.07) is 3.17. The highest BCUT2D eigenvalue weighted by molar-refractivity contribution is 6.31. The van der Waals surface area contributed by atoms with E-state index in [4.69, 9.17) is 22.4 Å². The molecule has 96 valence electrons. The van der Waals surface area contributed by atoms with Crippen molar-refractivity contribution in [1.82, 2.24) is 5.32 Å². The zero-order valence-electron chi connectivity index (χ0n) is 9.07. The van der Waals surface area contributed by atoms with Gasteiger partial charge in [-0.05, 0) is 18.2 Å². The fourth-order valence-corrected chi connectivity index (χ4v) is 1.36. The van der Waals surface area contributed by atoms with Gasteiger partial charge in [0.1, 0.15) is 0 Å². The summed E-state index contributed by atoms with van der Waals surface area (Å²) < 4.78 is 0. The van der Waals surface area contributed by atoms with Crippen LogP contribution in [0.1, 0.15) is 10.4 Å².